The van der Waals surface area contributed by atoms with Crippen molar-refractivity contribution in [2.45, 2.75) is 6.92 Å². The van der Waals surface area contributed by atoms with E-state index in [-0.39, 0.29) is 11.5 Å². The Kier molecular flexibility index (Phi) is 3.14. The van der Waals surface area contributed by atoms with Gasteiger partial charge < -0.3 is 0 Å². The Morgan fingerprint density at radius 3 is 2.50 bits per heavy atom. The molecule has 0 aliphatic heterocycles. The molecule has 0 spiro atoms. The summed E-state index contributed by atoms with van der Waals surface area (Å²) in [5, 5.41) is 8.56. The number of nitrogens with one attached hydrogen (secondary N) is 2. The molecule has 0 radical (unpaired) electrons. The quantitative estimate of drug-likeness (QED) is 0.434. The number of rotatable bonds is 2. The highest BCUT2D eigenvalue weighted by molar-refractivity contribution is 5.92. The van der Waals surface area contributed by atoms with Crippen molar-refractivity contribution in [2.24, 2.45) is 0 Å². The van der Waals surface area contributed by atoms with E-state index in [9.17, 15) is 8.78 Å². The fourth-order valence-corrected chi connectivity index (χ4v) is 1.13. The van der Waals surface area contributed by atoms with Crippen LogP contribution in [0.25, 0.3) is 0 Å². The second-order valence-corrected chi connectivity index (χ2v) is 2.74. The van der Waals surface area contributed by atoms with Crippen molar-refractivity contribution in [3.05, 3.63) is 29.8 Å². The summed E-state index contributed by atoms with van der Waals surface area (Å²) in [6.07, 6.45) is 0. The lowest BCUT2D eigenvalue weighted by molar-refractivity contribution is 0.580. The van der Waals surface area contributed by atoms with Gasteiger partial charge in [-0.25, -0.2) is 14.2 Å². The van der Waals surface area contributed by atoms with Gasteiger partial charge in [-0.05, 0) is 19.1 Å². The zero-order valence-electron chi connectivity index (χ0n) is 7.94. The third kappa shape index (κ3) is 2.05. The Hall–Kier alpha value is -1.49. The van der Waals surface area contributed by atoms with Crippen molar-refractivity contribution in [1.82, 2.24) is 5.43 Å². The Bertz CT molecular complexity index is 352. The molecule has 0 amide bonds. The molecule has 2 N–H and O–H groups in total. The lowest BCUT2D eigenvalue weighted by Gasteiger charge is -2.22. The van der Waals surface area contributed by atoms with E-state index in [0.717, 1.165) is 12.1 Å². The molecule has 0 unspecified atom stereocenters. The van der Waals surface area contributed by atoms with Crippen LogP contribution in [0.2, 0.25) is 0 Å². The highest BCUT2D eigenvalue weighted by Gasteiger charge is 2.12. The predicted molar refractivity (Wildman–Crippen MR) is 51.3 cm³/mol. The lowest BCUT2D eigenvalue weighted by atomic mass is 10.3. The zero-order chi connectivity index (χ0) is 10.7. The third-order valence-electron chi connectivity index (χ3n) is 1.71. The summed E-state index contributed by atoms with van der Waals surface area (Å²) in [7, 11) is 1.56. The van der Waals surface area contributed by atoms with Gasteiger partial charge in [0.05, 0.1) is 5.69 Å². The summed E-state index contributed by atoms with van der Waals surface area (Å²) in [6.45, 7) is 1.50. The first-order chi connectivity index (χ1) is 6.56. The van der Waals surface area contributed by atoms with E-state index in [1.54, 1.807) is 7.05 Å². The molecule has 0 aliphatic rings. The van der Waals surface area contributed by atoms with Gasteiger partial charge in [-0.15, -0.1) is 0 Å². The SMILES string of the molecule is CNN(C(C)=N)c1ccc(F)cc1F. The van der Waals surface area contributed by atoms with Gasteiger partial charge in [-0.2, -0.15) is 0 Å². The number of hydrogen-bond acceptors (Lipinski definition) is 2. The van der Waals surface area contributed by atoms with Crippen molar-refractivity contribution in [2.75, 3.05) is 12.1 Å². The van der Waals surface area contributed by atoms with Crippen LogP contribution in [0.5, 0.6) is 0 Å². The van der Waals surface area contributed by atoms with Gasteiger partial charge >= 0.3 is 0 Å². The van der Waals surface area contributed by atoms with Crippen molar-refractivity contribution < 1.29 is 8.78 Å². The molecule has 0 fully saturated rings. The lowest BCUT2D eigenvalue weighted by Crippen LogP contribution is -2.39. The second kappa shape index (κ2) is 4.15. The standard InChI is InChI=1S/C9H11F2N3/c1-6(12)14(13-2)9-4-3-7(10)5-8(9)11/h3-5,12-13H,1-2H3. The summed E-state index contributed by atoms with van der Waals surface area (Å²) in [5.74, 6) is -1.21. The van der Waals surface area contributed by atoms with Gasteiger partial charge in [0.1, 0.15) is 11.7 Å². The van der Waals surface area contributed by atoms with E-state index in [2.05, 4.69) is 5.43 Å². The van der Waals surface area contributed by atoms with Crippen LogP contribution in [0.15, 0.2) is 18.2 Å². The molecular weight excluding hydrogens is 188 g/mol. The number of hydrazine groups is 1. The van der Waals surface area contributed by atoms with Crippen LogP contribution in [0, 0.1) is 17.0 Å². The van der Waals surface area contributed by atoms with Gasteiger partial charge in [-0.1, -0.05) is 0 Å². The van der Waals surface area contributed by atoms with Gasteiger partial charge in [0.15, 0.2) is 5.82 Å². The first-order valence-electron chi connectivity index (χ1n) is 4.04. The fraction of sp³-hybridized carbons (Fsp3) is 0.222. The maximum Gasteiger partial charge on any atom is 0.151 e. The largest absolute Gasteiger partial charge is 0.287 e. The minimum absolute atomic E-state index is 0.123. The Morgan fingerprint density at radius 2 is 2.07 bits per heavy atom. The smallest absolute Gasteiger partial charge is 0.151 e. The molecule has 0 saturated carbocycles. The maximum atomic E-state index is 13.2. The number of nitrogens with zero attached hydrogens (tertiary/aromatic N) is 1. The molecular formula is C9H11F2N3. The number of benzene rings is 1. The molecule has 1 aromatic carbocycles. The van der Waals surface area contributed by atoms with Crippen LogP contribution >= 0.6 is 0 Å². The third-order valence-corrected chi connectivity index (χ3v) is 1.71. The summed E-state index contributed by atoms with van der Waals surface area (Å²) in [5.41, 5.74) is 2.75. The molecule has 0 heterocycles. The highest BCUT2D eigenvalue weighted by Crippen LogP contribution is 2.18. The van der Waals surface area contributed by atoms with Crippen molar-refractivity contribution in [3.63, 3.8) is 0 Å². The zero-order valence-corrected chi connectivity index (χ0v) is 7.94. The molecule has 0 bridgehead atoms. The molecule has 0 saturated heterocycles. The first kappa shape index (κ1) is 10.6. The van der Waals surface area contributed by atoms with Crippen molar-refractivity contribution >= 4 is 11.5 Å². The van der Waals surface area contributed by atoms with Gasteiger partial charge in [0.25, 0.3) is 0 Å². The Morgan fingerprint density at radius 1 is 1.43 bits per heavy atom. The van der Waals surface area contributed by atoms with Crippen LogP contribution in [-0.2, 0) is 0 Å². The summed E-state index contributed by atoms with van der Waals surface area (Å²) >= 11 is 0. The van der Waals surface area contributed by atoms with Crippen LogP contribution in [0.1, 0.15) is 6.92 Å². The van der Waals surface area contributed by atoms with Gasteiger partial charge in [0, 0.05) is 13.1 Å². The van der Waals surface area contributed by atoms with Crippen LogP contribution in [0.3, 0.4) is 0 Å². The number of halogens is 2. The van der Waals surface area contributed by atoms with E-state index in [0.29, 0.717) is 0 Å². The second-order valence-electron chi connectivity index (χ2n) is 2.74. The molecule has 0 aliphatic carbocycles. The minimum atomic E-state index is -0.703. The van der Waals surface area contributed by atoms with Crippen LogP contribution < -0.4 is 10.4 Å². The van der Waals surface area contributed by atoms with Gasteiger partial charge in [-0.3, -0.25) is 10.4 Å². The van der Waals surface area contributed by atoms with Crippen LogP contribution in [0.4, 0.5) is 14.5 Å². The molecule has 0 aromatic heterocycles. The van der Waals surface area contributed by atoms with E-state index in [4.69, 9.17) is 5.41 Å². The van der Waals surface area contributed by atoms with Crippen molar-refractivity contribution in [3.8, 4) is 0 Å². The minimum Gasteiger partial charge on any atom is -0.287 e. The topological polar surface area (TPSA) is 39.1 Å². The summed E-state index contributed by atoms with van der Waals surface area (Å²) in [6, 6.07) is 3.20. The summed E-state index contributed by atoms with van der Waals surface area (Å²) < 4.78 is 25.8. The molecule has 5 heteroatoms. The van der Waals surface area contributed by atoms with E-state index in [1.165, 1.54) is 18.0 Å². The van der Waals surface area contributed by atoms with E-state index >= 15 is 0 Å². The monoisotopic (exact) mass is 199 g/mol. The number of hydrogen-bond donors (Lipinski definition) is 2. The van der Waals surface area contributed by atoms with E-state index in [1.807, 2.05) is 0 Å². The number of amidine groups is 1. The van der Waals surface area contributed by atoms with Gasteiger partial charge in [0.2, 0.25) is 0 Å². The average molecular weight is 199 g/mol. The highest BCUT2D eigenvalue weighted by atomic mass is 19.1. The molecule has 76 valence electrons. The van der Waals surface area contributed by atoms with E-state index < -0.39 is 11.6 Å². The maximum absolute atomic E-state index is 13.2. The molecule has 3 nitrogen and oxygen atoms in total. The molecule has 1 aromatic rings. The Balaban J connectivity index is 3.10. The predicted octanol–water partition coefficient (Wildman–Crippen LogP) is 1.90. The Labute approximate surface area is 80.8 Å². The average Bonchev–Trinajstić information content (AvgIpc) is 2.09. The molecule has 0 atom stereocenters. The van der Waals surface area contributed by atoms with Crippen LogP contribution in [-0.4, -0.2) is 12.9 Å². The molecule has 1 rings (SSSR count). The summed E-state index contributed by atoms with van der Waals surface area (Å²) in [4.78, 5) is 0. The fourth-order valence-electron chi connectivity index (χ4n) is 1.13. The molecule has 14 heavy (non-hydrogen) atoms. The first-order valence-corrected chi connectivity index (χ1v) is 4.04. The number of anilines is 1. The van der Waals surface area contributed by atoms with Crippen molar-refractivity contribution in [1.29, 1.82) is 5.41 Å². The normalized spacial score (nSPS) is 10.0.